The van der Waals surface area contributed by atoms with E-state index in [1.54, 1.807) is 6.33 Å². The van der Waals surface area contributed by atoms with Gasteiger partial charge in [0.2, 0.25) is 0 Å². The Balaban J connectivity index is 1.96. The van der Waals surface area contributed by atoms with Crippen molar-refractivity contribution in [2.24, 2.45) is 24.6 Å². The van der Waals surface area contributed by atoms with Crippen LogP contribution in [0, 0.1) is 11.8 Å². The summed E-state index contributed by atoms with van der Waals surface area (Å²) in [6.45, 7) is 0. The van der Waals surface area contributed by atoms with Crippen LogP contribution in [-0.2, 0) is 7.05 Å². The molecule has 1 heterocycles. The molecule has 0 aliphatic heterocycles. The number of hydrogen-bond donors (Lipinski definition) is 1. The number of nitrogens with two attached hydrogens (primary N) is 1. The average molecular weight is 192 g/mol. The van der Waals surface area contributed by atoms with E-state index in [0.29, 0.717) is 12.0 Å². The molecule has 2 N–H and O–H groups in total. The van der Waals surface area contributed by atoms with Gasteiger partial charge in [-0.05, 0) is 31.1 Å². The lowest BCUT2D eigenvalue weighted by Crippen LogP contribution is -2.35. The molecule has 76 valence electrons. The number of nitrogens with zero attached hydrogens (tertiary/aromatic N) is 3. The minimum absolute atomic E-state index is 0.316. The Labute approximate surface area is 83.5 Å². The molecule has 1 aromatic rings. The zero-order chi connectivity index (χ0) is 9.71. The van der Waals surface area contributed by atoms with E-state index < -0.39 is 0 Å². The van der Waals surface area contributed by atoms with Gasteiger partial charge in [0.15, 0.2) is 0 Å². The van der Waals surface area contributed by atoms with Crippen LogP contribution < -0.4 is 5.73 Å². The zero-order valence-electron chi connectivity index (χ0n) is 8.43. The first-order valence-electron chi connectivity index (χ1n) is 5.37. The third kappa shape index (κ3) is 0.974. The highest BCUT2D eigenvalue weighted by Gasteiger charge is 2.48. The minimum atomic E-state index is 0.316. The van der Waals surface area contributed by atoms with Gasteiger partial charge in [0.1, 0.15) is 12.2 Å². The van der Waals surface area contributed by atoms with Gasteiger partial charge < -0.3 is 10.3 Å². The molecule has 0 saturated heterocycles. The Morgan fingerprint density at radius 3 is 2.79 bits per heavy atom. The molecule has 2 fully saturated rings. The molecule has 0 aromatic carbocycles. The van der Waals surface area contributed by atoms with E-state index >= 15 is 0 Å². The predicted octanol–water partition coefficient (Wildman–Crippen LogP) is 0.656. The van der Waals surface area contributed by atoms with Gasteiger partial charge in [-0.15, -0.1) is 10.2 Å². The molecule has 4 unspecified atom stereocenters. The second-order valence-corrected chi connectivity index (χ2v) is 4.74. The first-order valence-corrected chi connectivity index (χ1v) is 5.37. The van der Waals surface area contributed by atoms with Gasteiger partial charge in [-0.25, -0.2) is 0 Å². The molecule has 4 heteroatoms. The lowest BCUT2D eigenvalue weighted by atomic mass is 9.84. The van der Waals surface area contributed by atoms with Crippen LogP contribution in [-0.4, -0.2) is 20.8 Å². The summed E-state index contributed by atoms with van der Waals surface area (Å²) in [4.78, 5) is 0. The quantitative estimate of drug-likeness (QED) is 0.711. The standard InChI is InChI=1S/C10H16N4/c1-14-5-12-13-10(14)8-6-2-3-7(4-6)9(8)11/h5-9H,2-4,11H2,1H3. The summed E-state index contributed by atoms with van der Waals surface area (Å²) in [6.07, 6.45) is 5.73. The van der Waals surface area contributed by atoms with Crippen LogP contribution in [0.5, 0.6) is 0 Å². The summed E-state index contributed by atoms with van der Waals surface area (Å²) < 4.78 is 2.02. The Bertz CT molecular complexity index is 344. The summed E-state index contributed by atoms with van der Waals surface area (Å²) in [7, 11) is 2.01. The van der Waals surface area contributed by atoms with E-state index in [2.05, 4.69) is 10.2 Å². The summed E-state index contributed by atoms with van der Waals surface area (Å²) in [5, 5.41) is 8.14. The summed E-state index contributed by atoms with van der Waals surface area (Å²) in [5.41, 5.74) is 6.24. The number of aryl methyl sites for hydroxylation is 1. The fourth-order valence-electron chi connectivity index (χ4n) is 3.31. The van der Waals surface area contributed by atoms with Gasteiger partial charge in [0.05, 0.1) is 0 Å². The van der Waals surface area contributed by atoms with Gasteiger partial charge in [-0.2, -0.15) is 0 Å². The van der Waals surface area contributed by atoms with Crippen LogP contribution in [0.1, 0.15) is 31.0 Å². The van der Waals surface area contributed by atoms with E-state index in [-0.39, 0.29) is 0 Å². The van der Waals surface area contributed by atoms with Gasteiger partial charge in [-0.3, -0.25) is 0 Å². The minimum Gasteiger partial charge on any atom is -0.327 e. The van der Waals surface area contributed by atoms with E-state index in [4.69, 9.17) is 5.73 Å². The number of rotatable bonds is 1. The van der Waals surface area contributed by atoms with Crippen molar-refractivity contribution >= 4 is 0 Å². The highest BCUT2D eigenvalue weighted by atomic mass is 15.3. The van der Waals surface area contributed by atoms with Crippen molar-refractivity contribution in [1.29, 1.82) is 0 Å². The molecule has 2 saturated carbocycles. The van der Waals surface area contributed by atoms with Crippen molar-refractivity contribution in [3.05, 3.63) is 12.2 Å². The van der Waals surface area contributed by atoms with Crippen molar-refractivity contribution in [1.82, 2.24) is 14.8 Å². The second-order valence-electron chi connectivity index (χ2n) is 4.74. The normalized spacial score (nSPS) is 40.7. The van der Waals surface area contributed by atoms with Crippen LogP contribution in [0.4, 0.5) is 0 Å². The van der Waals surface area contributed by atoms with E-state index in [0.717, 1.165) is 17.7 Å². The summed E-state index contributed by atoms with van der Waals surface area (Å²) in [5.74, 6) is 3.05. The highest BCUT2D eigenvalue weighted by molar-refractivity contribution is 5.13. The Hall–Kier alpha value is -0.900. The molecule has 0 amide bonds. The maximum absolute atomic E-state index is 6.24. The largest absolute Gasteiger partial charge is 0.327 e. The molecule has 3 rings (SSSR count). The van der Waals surface area contributed by atoms with Crippen LogP contribution in [0.15, 0.2) is 6.33 Å². The van der Waals surface area contributed by atoms with Crippen molar-refractivity contribution in [3.8, 4) is 0 Å². The number of aromatic nitrogens is 3. The first kappa shape index (κ1) is 8.41. The average Bonchev–Trinajstić information content (AvgIpc) is 2.81. The van der Waals surface area contributed by atoms with E-state index in [1.165, 1.54) is 19.3 Å². The zero-order valence-corrected chi connectivity index (χ0v) is 8.43. The monoisotopic (exact) mass is 192 g/mol. The molecule has 4 atom stereocenters. The molecule has 2 aliphatic carbocycles. The summed E-state index contributed by atoms with van der Waals surface area (Å²) >= 11 is 0. The third-order valence-corrected chi connectivity index (χ3v) is 4.03. The topological polar surface area (TPSA) is 56.7 Å². The van der Waals surface area contributed by atoms with E-state index in [1.807, 2.05) is 11.6 Å². The van der Waals surface area contributed by atoms with Crippen molar-refractivity contribution in [2.75, 3.05) is 0 Å². The molecule has 4 nitrogen and oxygen atoms in total. The lowest BCUT2D eigenvalue weighted by molar-refractivity contribution is 0.348. The fourth-order valence-corrected chi connectivity index (χ4v) is 3.31. The van der Waals surface area contributed by atoms with E-state index in [9.17, 15) is 0 Å². The molecule has 0 radical (unpaired) electrons. The maximum Gasteiger partial charge on any atom is 0.137 e. The molecular formula is C10H16N4. The molecule has 2 aliphatic rings. The lowest BCUT2D eigenvalue weighted by Gasteiger charge is -2.26. The Kier molecular flexibility index (Phi) is 1.68. The van der Waals surface area contributed by atoms with Gasteiger partial charge in [0, 0.05) is 19.0 Å². The molecule has 0 spiro atoms. The SMILES string of the molecule is Cn1cnnc1C1C2CCC(C2)C1N. The van der Waals surface area contributed by atoms with Crippen LogP contribution in [0.3, 0.4) is 0 Å². The van der Waals surface area contributed by atoms with Crippen LogP contribution in [0.2, 0.25) is 0 Å². The number of hydrogen-bond acceptors (Lipinski definition) is 3. The number of fused-ring (bicyclic) bond motifs is 2. The Morgan fingerprint density at radius 1 is 1.43 bits per heavy atom. The molecule has 2 bridgehead atoms. The van der Waals surface area contributed by atoms with Gasteiger partial charge >= 0.3 is 0 Å². The highest BCUT2D eigenvalue weighted by Crippen LogP contribution is 2.51. The van der Waals surface area contributed by atoms with Crippen LogP contribution >= 0.6 is 0 Å². The third-order valence-electron chi connectivity index (χ3n) is 4.03. The molecular weight excluding hydrogens is 176 g/mol. The van der Waals surface area contributed by atoms with Crippen molar-refractivity contribution in [3.63, 3.8) is 0 Å². The maximum atomic E-state index is 6.24. The predicted molar refractivity (Wildman–Crippen MR) is 52.6 cm³/mol. The van der Waals surface area contributed by atoms with Crippen LogP contribution in [0.25, 0.3) is 0 Å². The van der Waals surface area contributed by atoms with Gasteiger partial charge in [-0.1, -0.05) is 0 Å². The van der Waals surface area contributed by atoms with Crippen molar-refractivity contribution < 1.29 is 0 Å². The first-order chi connectivity index (χ1) is 6.77. The smallest absolute Gasteiger partial charge is 0.137 e. The van der Waals surface area contributed by atoms with Gasteiger partial charge in [0.25, 0.3) is 0 Å². The molecule has 1 aromatic heterocycles. The Morgan fingerprint density at radius 2 is 2.21 bits per heavy atom. The van der Waals surface area contributed by atoms with Crippen molar-refractivity contribution in [2.45, 2.75) is 31.2 Å². The summed E-state index contributed by atoms with van der Waals surface area (Å²) in [6, 6.07) is 0.316. The fraction of sp³-hybridized carbons (Fsp3) is 0.800. The second kappa shape index (κ2) is 2.79. The molecule has 14 heavy (non-hydrogen) atoms.